The number of aliphatic hydroxyl groups excluding tert-OH is 1. The lowest BCUT2D eigenvalue weighted by molar-refractivity contribution is -0.161. The van der Waals surface area contributed by atoms with Gasteiger partial charge in [-0.15, -0.1) is 0 Å². The molecule has 0 spiro atoms. The summed E-state index contributed by atoms with van der Waals surface area (Å²) < 4.78 is 68.3. The second kappa shape index (κ2) is 78.2. The number of carbonyl (C=O) groups is 4. The minimum Gasteiger partial charge on any atom is -0.462 e. The second-order valence-electron chi connectivity index (χ2n) is 25.2. The molecule has 604 valence electrons. The van der Waals surface area contributed by atoms with Gasteiger partial charge in [0.2, 0.25) is 0 Å². The molecule has 0 bridgehead atoms. The summed E-state index contributed by atoms with van der Waals surface area (Å²) in [5.41, 5.74) is 0. The molecule has 0 aliphatic heterocycles. The third-order valence-electron chi connectivity index (χ3n) is 15.2. The first-order valence-corrected chi connectivity index (χ1v) is 42.6. The van der Waals surface area contributed by atoms with E-state index in [1.54, 1.807) is 6.08 Å². The van der Waals surface area contributed by atoms with Crippen LogP contribution in [0.2, 0.25) is 0 Å². The Morgan fingerprint density at radius 3 is 0.880 bits per heavy atom. The normalized spacial score (nSPS) is 15.1. The number of rotatable bonds is 71. The number of phosphoric acid groups is 2. The molecule has 0 radical (unpaired) electrons. The van der Waals surface area contributed by atoms with E-state index in [4.69, 9.17) is 37.0 Å². The van der Waals surface area contributed by atoms with Crippen LogP contribution in [0.4, 0.5) is 0 Å². The molecule has 17 nitrogen and oxygen atoms in total. The van der Waals surface area contributed by atoms with Crippen molar-refractivity contribution in [2.24, 2.45) is 0 Å². The average molecular weight is 1540 g/mol. The van der Waals surface area contributed by atoms with Gasteiger partial charge in [0.1, 0.15) is 19.3 Å². The van der Waals surface area contributed by atoms with Gasteiger partial charge in [-0.2, -0.15) is 0 Å². The summed E-state index contributed by atoms with van der Waals surface area (Å²) in [5, 5.41) is 10.6. The van der Waals surface area contributed by atoms with Crippen molar-refractivity contribution in [3.63, 3.8) is 0 Å². The molecule has 0 saturated heterocycles. The number of hydrogen-bond acceptors (Lipinski definition) is 15. The number of esters is 4. The van der Waals surface area contributed by atoms with Crippen LogP contribution in [0.25, 0.3) is 0 Å². The zero-order valence-electron chi connectivity index (χ0n) is 65.9. The van der Waals surface area contributed by atoms with Crippen LogP contribution >= 0.6 is 15.6 Å². The topological polar surface area (TPSA) is 237 Å². The maximum Gasteiger partial charge on any atom is 0.472 e. The van der Waals surface area contributed by atoms with E-state index in [-0.39, 0.29) is 25.7 Å². The molecule has 0 saturated carbocycles. The van der Waals surface area contributed by atoms with Gasteiger partial charge in [-0.3, -0.25) is 37.3 Å². The Labute approximate surface area is 651 Å². The number of allylic oxidation sites excluding steroid dienone is 37. The summed E-state index contributed by atoms with van der Waals surface area (Å²) in [6.07, 6.45) is 101. The van der Waals surface area contributed by atoms with Crippen LogP contribution in [0.15, 0.2) is 231 Å². The van der Waals surface area contributed by atoms with Crippen LogP contribution in [0.5, 0.6) is 0 Å². The predicted molar refractivity (Wildman–Crippen MR) is 444 cm³/mol. The molecule has 3 N–H and O–H groups in total. The largest absolute Gasteiger partial charge is 0.472 e. The van der Waals surface area contributed by atoms with Gasteiger partial charge in [-0.05, 0) is 161 Å². The fraction of sp³-hybridized carbons (Fsp3) is 0.528. The molecule has 0 aromatic carbocycles. The van der Waals surface area contributed by atoms with E-state index in [1.807, 2.05) is 54.7 Å². The van der Waals surface area contributed by atoms with E-state index in [9.17, 15) is 43.2 Å². The molecule has 0 aromatic heterocycles. The molecule has 19 heteroatoms. The van der Waals surface area contributed by atoms with Crippen molar-refractivity contribution in [2.45, 2.75) is 264 Å². The first-order chi connectivity index (χ1) is 52.7. The highest BCUT2D eigenvalue weighted by molar-refractivity contribution is 7.47. The van der Waals surface area contributed by atoms with Crippen LogP contribution in [-0.4, -0.2) is 96.7 Å². The Balaban J connectivity index is 5.62. The fourth-order valence-electron chi connectivity index (χ4n) is 9.26. The molecule has 0 aliphatic carbocycles. The molecule has 108 heavy (non-hydrogen) atoms. The smallest absolute Gasteiger partial charge is 0.462 e. The van der Waals surface area contributed by atoms with Gasteiger partial charge in [-0.25, -0.2) is 9.13 Å². The maximum absolute atomic E-state index is 13.1. The van der Waals surface area contributed by atoms with E-state index in [0.29, 0.717) is 38.5 Å². The lowest BCUT2D eigenvalue weighted by Gasteiger charge is -2.21. The Hall–Kier alpha value is -6.88. The van der Waals surface area contributed by atoms with Gasteiger partial charge in [-0.1, -0.05) is 291 Å². The molecular weight excluding hydrogens is 1400 g/mol. The SMILES string of the molecule is CC/C=C\C/C=C\C/C=C\C/C=C\C/C=C\C/C=C\CCC(=O)OCC(COP(=O)(O)OCC(O)COP(=O)(O)OCC(COC(=O)C/C=C\C/C=C\C/C=C\C/C=C\C/C=C\CC)OC(=O)CCCCCCC/C=C\C/C=C\CCCCC)OC(=O)CC/C=C\C/C=C\C/C=C\C/C=C\C/C=C\C/C=C\CC. The second-order valence-corrected chi connectivity index (χ2v) is 28.1. The van der Waals surface area contributed by atoms with Crippen molar-refractivity contribution in [1.29, 1.82) is 0 Å². The fourth-order valence-corrected chi connectivity index (χ4v) is 10.8. The first-order valence-electron chi connectivity index (χ1n) is 39.6. The van der Waals surface area contributed by atoms with Crippen molar-refractivity contribution in [2.75, 3.05) is 39.6 Å². The van der Waals surface area contributed by atoms with E-state index in [0.717, 1.165) is 135 Å². The van der Waals surface area contributed by atoms with Gasteiger partial charge >= 0.3 is 39.5 Å². The summed E-state index contributed by atoms with van der Waals surface area (Å²) in [5.74, 6) is -2.57. The van der Waals surface area contributed by atoms with Crippen LogP contribution in [0.3, 0.4) is 0 Å². The number of ether oxygens (including phenoxy) is 4. The Kier molecular flexibility index (Phi) is 73.3. The summed E-state index contributed by atoms with van der Waals surface area (Å²) >= 11 is 0. The van der Waals surface area contributed by atoms with Gasteiger partial charge in [0, 0.05) is 19.3 Å². The molecule has 0 heterocycles. The van der Waals surface area contributed by atoms with Crippen LogP contribution < -0.4 is 0 Å². The van der Waals surface area contributed by atoms with E-state index < -0.39 is 97.5 Å². The minimum absolute atomic E-state index is 0.00732. The van der Waals surface area contributed by atoms with Crippen molar-refractivity contribution in [1.82, 2.24) is 0 Å². The van der Waals surface area contributed by atoms with Crippen molar-refractivity contribution >= 4 is 39.5 Å². The monoisotopic (exact) mass is 1540 g/mol. The summed E-state index contributed by atoms with van der Waals surface area (Å²) in [7, 11) is -10.1. The van der Waals surface area contributed by atoms with Gasteiger partial charge in [0.05, 0.1) is 32.8 Å². The zero-order chi connectivity index (χ0) is 78.9. The summed E-state index contributed by atoms with van der Waals surface area (Å²) in [4.78, 5) is 72.9. The van der Waals surface area contributed by atoms with Crippen molar-refractivity contribution < 1.29 is 80.2 Å². The van der Waals surface area contributed by atoms with Gasteiger partial charge in [0.15, 0.2) is 12.2 Å². The molecule has 5 atom stereocenters. The number of unbranched alkanes of at least 4 members (excludes halogenated alkanes) is 8. The molecule has 0 rings (SSSR count). The van der Waals surface area contributed by atoms with E-state index in [2.05, 4.69) is 198 Å². The Morgan fingerprint density at radius 1 is 0.278 bits per heavy atom. The van der Waals surface area contributed by atoms with E-state index in [1.165, 1.54) is 19.3 Å². The van der Waals surface area contributed by atoms with Crippen LogP contribution in [0, 0.1) is 0 Å². The molecule has 0 amide bonds. The highest BCUT2D eigenvalue weighted by Crippen LogP contribution is 2.45. The highest BCUT2D eigenvalue weighted by atomic mass is 31.2. The molecule has 5 unspecified atom stereocenters. The molecular formula is C89H136O17P2. The Morgan fingerprint density at radius 2 is 0.537 bits per heavy atom. The van der Waals surface area contributed by atoms with Gasteiger partial charge in [0.25, 0.3) is 0 Å². The summed E-state index contributed by atoms with van der Waals surface area (Å²) in [6.45, 7) is 4.15. The van der Waals surface area contributed by atoms with Crippen LogP contribution in [0.1, 0.15) is 246 Å². The third kappa shape index (κ3) is 77.3. The van der Waals surface area contributed by atoms with E-state index >= 15 is 0 Å². The Bertz CT molecular complexity index is 2960. The molecule has 0 aromatic rings. The standard InChI is InChI=1S/C89H136O17P2/c1-5-9-13-17-21-25-29-33-37-39-41-43-47-50-54-58-62-66-70-74-87(92)100-80-85(106-89(94)76-72-68-64-60-56-52-48-44-42-40-38-34-30-26-22-18-14-10-6-2)82-104-108(97,98)102-78-83(90)77-101-107(95,96)103-81-84(105-88(93)75-71-67-63-59-55-51-46-36-32-28-24-20-16-12-8-4)79-99-86(91)73-69-65-61-57-53-49-45-35-31-27-23-19-15-11-7-3/h9-11,13-15,21-28,33-38,41-46,50,52-54,56-57,62,64-66,68-69,83-85,90H,5-8,12,16-20,29-32,39-40,47-49,51,55,58-61,63,67,70-82H2,1-4H3,(H,95,96)(H,97,98)/b13-9-,14-10-,15-11-,25-21-,26-22-,27-23-,28-24-,37-33-,38-34-,43-41-,44-42-,45-35-,46-36-,54-50-,56-52-,57-53-,66-62-,68-64-,69-65-. The van der Waals surface area contributed by atoms with Gasteiger partial charge < -0.3 is 33.8 Å². The molecule has 0 aliphatic rings. The highest BCUT2D eigenvalue weighted by Gasteiger charge is 2.30. The van der Waals surface area contributed by atoms with Crippen molar-refractivity contribution in [3.05, 3.63) is 231 Å². The van der Waals surface area contributed by atoms with Crippen molar-refractivity contribution in [3.8, 4) is 0 Å². The zero-order valence-corrected chi connectivity index (χ0v) is 67.7. The number of aliphatic hydroxyl groups is 1. The molecule has 0 fully saturated rings. The lowest BCUT2D eigenvalue weighted by atomic mass is 10.1. The predicted octanol–water partition coefficient (Wildman–Crippen LogP) is 23.4. The van der Waals surface area contributed by atoms with Crippen LogP contribution in [-0.2, 0) is 65.4 Å². The first kappa shape index (κ1) is 101. The average Bonchev–Trinajstić information content (AvgIpc) is 0.896. The summed E-state index contributed by atoms with van der Waals surface area (Å²) in [6, 6.07) is 0. The maximum atomic E-state index is 13.1. The number of phosphoric ester groups is 2. The number of hydrogen-bond donors (Lipinski definition) is 3. The third-order valence-corrected chi connectivity index (χ3v) is 17.1. The quantitative estimate of drug-likeness (QED) is 0.0169. The lowest BCUT2D eigenvalue weighted by Crippen LogP contribution is -2.30. The number of carbonyl (C=O) groups excluding carboxylic acids is 4. The minimum atomic E-state index is -5.04.